The van der Waals surface area contributed by atoms with Crippen LogP contribution in [0.3, 0.4) is 0 Å². The van der Waals surface area contributed by atoms with Crippen molar-refractivity contribution in [2.24, 2.45) is 5.92 Å². The second-order valence-corrected chi connectivity index (χ2v) is 6.68. The molecule has 0 amide bonds. The van der Waals surface area contributed by atoms with E-state index in [1.807, 2.05) is 20.8 Å². The highest BCUT2D eigenvalue weighted by atomic mass is 32.1. The molecule has 0 aliphatic carbocycles. The lowest BCUT2D eigenvalue weighted by Gasteiger charge is -2.10. The third kappa shape index (κ3) is 3.79. The minimum absolute atomic E-state index is 0.00569. The Hall–Kier alpha value is -1.47. The SMILES string of the molecule is Cc1sc(=O)n(Cc2nc(C(C)OCC(C)C)no2)c1C. The van der Waals surface area contributed by atoms with Crippen LogP contribution < -0.4 is 4.87 Å². The molecular formula is C14H21N3O3S. The standard InChI is InChI=1S/C14H21N3O3S/c1-8(2)7-19-10(4)13-15-12(20-16-13)6-17-9(3)11(5)21-14(17)18/h8,10H,6-7H2,1-5H3. The summed E-state index contributed by atoms with van der Waals surface area (Å²) in [5.74, 6) is 1.39. The number of nitrogens with zero attached hydrogens (tertiary/aromatic N) is 3. The van der Waals surface area contributed by atoms with Gasteiger partial charge in [-0.2, -0.15) is 4.98 Å². The Labute approximate surface area is 127 Å². The van der Waals surface area contributed by atoms with Gasteiger partial charge in [0.25, 0.3) is 0 Å². The van der Waals surface area contributed by atoms with E-state index >= 15 is 0 Å². The fourth-order valence-electron chi connectivity index (χ4n) is 1.81. The van der Waals surface area contributed by atoms with Crippen LogP contribution in [0, 0.1) is 19.8 Å². The summed E-state index contributed by atoms with van der Waals surface area (Å²) in [5, 5.41) is 3.93. The largest absolute Gasteiger partial charge is 0.370 e. The van der Waals surface area contributed by atoms with E-state index in [1.54, 1.807) is 4.57 Å². The Balaban J connectivity index is 2.08. The van der Waals surface area contributed by atoms with Crippen molar-refractivity contribution in [3.05, 3.63) is 32.0 Å². The molecule has 0 radical (unpaired) electrons. The van der Waals surface area contributed by atoms with E-state index in [4.69, 9.17) is 9.26 Å². The van der Waals surface area contributed by atoms with Crippen LogP contribution in [0.1, 0.15) is 49.2 Å². The molecule has 2 rings (SSSR count). The van der Waals surface area contributed by atoms with Gasteiger partial charge in [-0.1, -0.05) is 30.3 Å². The van der Waals surface area contributed by atoms with Gasteiger partial charge in [-0.25, -0.2) is 0 Å². The first-order valence-corrected chi connectivity index (χ1v) is 7.81. The minimum atomic E-state index is -0.216. The summed E-state index contributed by atoms with van der Waals surface area (Å²) >= 11 is 1.23. The maximum absolute atomic E-state index is 11.9. The van der Waals surface area contributed by atoms with Gasteiger partial charge in [-0.15, -0.1) is 0 Å². The molecule has 0 saturated carbocycles. The molecular weight excluding hydrogens is 290 g/mol. The Bertz CT molecular complexity index is 657. The van der Waals surface area contributed by atoms with Crippen LogP contribution in [0.5, 0.6) is 0 Å². The number of rotatable bonds is 6. The third-order valence-electron chi connectivity index (χ3n) is 3.20. The van der Waals surface area contributed by atoms with E-state index in [0.717, 1.165) is 10.6 Å². The number of aromatic nitrogens is 3. The monoisotopic (exact) mass is 311 g/mol. The lowest BCUT2D eigenvalue weighted by Crippen LogP contribution is -2.15. The Morgan fingerprint density at radius 3 is 2.62 bits per heavy atom. The molecule has 2 aromatic rings. The molecule has 1 atom stereocenters. The van der Waals surface area contributed by atoms with E-state index in [-0.39, 0.29) is 11.0 Å². The molecule has 0 N–H and O–H groups in total. The van der Waals surface area contributed by atoms with Gasteiger partial charge in [0.05, 0.1) is 0 Å². The van der Waals surface area contributed by atoms with Crippen LogP contribution in [-0.2, 0) is 11.3 Å². The topological polar surface area (TPSA) is 70.2 Å². The van der Waals surface area contributed by atoms with Gasteiger partial charge in [0, 0.05) is 17.2 Å². The van der Waals surface area contributed by atoms with Crippen molar-refractivity contribution >= 4 is 11.3 Å². The van der Waals surface area contributed by atoms with E-state index in [0.29, 0.717) is 30.8 Å². The smallest absolute Gasteiger partial charge is 0.308 e. The van der Waals surface area contributed by atoms with Crippen molar-refractivity contribution in [2.45, 2.75) is 47.3 Å². The fraction of sp³-hybridized carbons (Fsp3) is 0.643. The van der Waals surface area contributed by atoms with Gasteiger partial charge < -0.3 is 9.26 Å². The van der Waals surface area contributed by atoms with Crippen LogP contribution in [0.15, 0.2) is 9.32 Å². The quantitative estimate of drug-likeness (QED) is 0.820. The molecule has 2 aromatic heterocycles. The van der Waals surface area contributed by atoms with E-state index in [2.05, 4.69) is 24.0 Å². The third-order valence-corrected chi connectivity index (χ3v) is 4.19. The van der Waals surface area contributed by atoms with Crippen LogP contribution >= 0.6 is 11.3 Å². The zero-order valence-corrected chi connectivity index (χ0v) is 13.9. The van der Waals surface area contributed by atoms with Crippen LogP contribution in [0.4, 0.5) is 0 Å². The molecule has 7 heteroatoms. The molecule has 0 aliphatic heterocycles. The summed E-state index contributed by atoms with van der Waals surface area (Å²) < 4.78 is 12.5. The van der Waals surface area contributed by atoms with Crippen molar-refractivity contribution in [3.8, 4) is 0 Å². The fourth-order valence-corrected chi connectivity index (χ4v) is 2.65. The van der Waals surface area contributed by atoms with Crippen LogP contribution in [0.2, 0.25) is 0 Å². The zero-order chi connectivity index (χ0) is 15.6. The van der Waals surface area contributed by atoms with Gasteiger partial charge >= 0.3 is 4.87 Å². The van der Waals surface area contributed by atoms with Crippen molar-refractivity contribution in [1.82, 2.24) is 14.7 Å². The molecule has 0 saturated heterocycles. The van der Waals surface area contributed by atoms with Crippen molar-refractivity contribution in [2.75, 3.05) is 6.61 Å². The summed E-state index contributed by atoms with van der Waals surface area (Å²) in [6.07, 6.45) is -0.216. The first-order chi connectivity index (χ1) is 9.88. The number of aryl methyl sites for hydroxylation is 1. The first kappa shape index (κ1) is 15.9. The molecule has 1 unspecified atom stereocenters. The highest BCUT2D eigenvalue weighted by Gasteiger charge is 2.17. The highest BCUT2D eigenvalue weighted by molar-refractivity contribution is 7.09. The molecule has 2 heterocycles. The number of hydrogen-bond acceptors (Lipinski definition) is 6. The normalized spacial score (nSPS) is 13.0. The van der Waals surface area contributed by atoms with Gasteiger partial charge in [-0.3, -0.25) is 9.36 Å². The van der Waals surface area contributed by atoms with Gasteiger partial charge in [0.2, 0.25) is 5.89 Å². The Kier molecular flexibility index (Phi) is 4.95. The zero-order valence-electron chi connectivity index (χ0n) is 13.0. The van der Waals surface area contributed by atoms with Gasteiger partial charge in [0.15, 0.2) is 5.82 Å². The molecule has 0 aliphatic rings. The van der Waals surface area contributed by atoms with Crippen LogP contribution in [0.25, 0.3) is 0 Å². The lowest BCUT2D eigenvalue weighted by molar-refractivity contribution is 0.0402. The number of thiazole rings is 1. The summed E-state index contributed by atoms with van der Waals surface area (Å²) in [6, 6.07) is 0. The second-order valence-electron chi connectivity index (χ2n) is 5.51. The molecule has 0 bridgehead atoms. The predicted molar refractivity (Wildman–Crippen MR) is 80.7 cm³/mol. The average molecular weight is 311 g/mol. The molecule has 0 fully saturated rings. The summed E-state index contributed by atoms with van der Waals surface area (Å²) in [4.78, 5) is 17.2. The van der Waals surface area contributed by atoms with Crippen molar-refractivity contribution in [1.29, 1.82) is 0 Å². The minimum Gasteiger partial charge on any atom is -0.370 e. The molecule has 21 heavy (non-hydrogen) atoms. The maximum Gasteiger partial charge on any atom is 0.308 e. The lowest BCUT2D eigenvalue weighted by atomic mass is 10.2. The van der Waals surface area contributed by atoms with Crippen molar-refractivity contribution in [3.63, 3.8) is 0 Å². The van der Waals surface area contributed by atoms with Gasteiger partial charge in [-0.05, 0) is 26.7 Å². The van der Waals surface area contributed by atoms with E-state index < -0.39 is 0 Å². The second kappa shape index (κ2) is 6.53. The number of hydrogen-bond donors (Lipinski definition) is 0. The van der Waals surface area contributed by atoms with Crippen molar-refractivity contribution < 1.29 is 9.26 Å². The number of ether oxygens (including phenoxy) is 1. The van der Waals surface area contributed by atoms with E-state index in [9.17, 15) is 4.79 Å². The van der Waals surface area contributed by atoms with E-state index in [1.165, 1.54) is 11.3 Å². The Morgan fingerprint density at radius 1 is 1.33 bits per heavy atom. The average Bonchev–Trinajstić information content (AvgIpc) is 2.97. The van der Waals surface area contributed by atoms with Crippen LogP contribution in [-0.4, -0.2) is 21.3 Å². The highest BCUT2D eigenvalue weighted by Crippen LogP contribution is 2.16. The molecule has 116 valence electrons. The van der Waals surface area contributed by atoms with Gasteiger partial charge in [0.1, 0.15) is 12.6 Å². The maximum atomic E-state index is 11.9. The summed E-state index contributed by atoms with van der Waals surface area (Å²) in [6.45, 7) is 10.9. The summed E-state index contributed by atoms with van der Waals surface area (Å²) in [5.41, 5.74) is 0.939. The molecule has 0 spiro atoms. The predicted octanol–water partition coefficient (Wildman–Crippen LogP) is 2.69. The summed E-state index contributed by atoms with van der Waals surface area (Å²) in [7, 11) is 0. The Morgan fingerprint density at radius 2 is 2.05 bits per heavy atom. The first-order valence-electron chi connectivity index (χ1n) is 6.99. The molecule has 6 nitrogen and oxygen atoms in total. The molecule has 0 aromatic carbocycles.